The normalized spacial score (nSPS) is 12.5. The molecule has 26 heavy (non-hydrogen) atoms. The van der Waals surface area contributed by atoms with Crippen LogP contribution in [0.4, 0.5) is 0 Å². The zero-order valence-electron chi connectivity index (χ0n) is 15.6. The summed E-state index contributed by atoms with van der Waals surface area (Å²) in [4.78, 5) is 0. The second-order valence-electron chi connectivity index (χ2n) is 6.79. The molecule has 0 atom stereocenters. The van der Waals surface area contributed by atoms with Gasteiger partial charge in [-0.3, -0.25) is 0 Å². The van der Waals surface area contributed by atoms with E-state index in [4.69, 9.17) is 0 Å². The van der Waals surface area contributed by atoms with Gasteiger partial charge in [-0.05, 0) is 19.8 Å². The second kappa shape index (κ2) is 9.88. The van der Waals surface area contributed by atoms with Crippen molar-refractivity contribution in [2.45, 2.75) is 33.6 Å². The fraction of sp³-hybridized carbons (Fsp3) is 0.217. The van der Waals surface area contributed by atoms with Gasteiger partial charge in [-0.15, -0.1) is 33.7 Å². The first kappa shape index (κ1) is 23.2. The second-order valence-corrected chi connectivity index (χ2v) is 9.25. The van der Waals surface area contributed by atoms with E-state index in [2.05, 4.69) is 88.4 Å². The van der Waals surface area contributed by atoms with Gasteiger partial charge in [0.15, 0.2) is 0 Å². The van der Waals surface area contributed by atoms with Gasteiger partial charge in [0.1, 0.15) is 0 Å². The van der Waals surface area contributed by atoms with Crippen molar-refractivity contribution in [3.8, 4) is 0 Å². The van der Waals surface area contributed by atoms with E-state index in [1.54, 1.807) is 24.2 Å². The molecule has 134 valence electrons. The molecule has 0 N–H and O–H groups in total. The summed E-state index contributed by atoms with van der Waals surface area (Å²) in [6.45, 7) is 8.63. The molecule has 3 heteroatoms. The molecule has 0 amide bonds. The number of aryl methyl sites for hydroxylation is 2. The number of halogens is 2. The Morgan fingerprint density at radius 1 is 0.923 bits per heavy atom. The molecule has 0 spiro atoms. The molecule has 0 bridgehead atoms. The molecule has 0 unspecified atom stereocenters. The average Bonchev–Trinajstić information content (AvgIpc) is 3.13. The van der Waals surface area contributed by atoms with Crippen LogP contribution in [-0.4, -0.2) is 3.21 Å². The van der Waals surface area contributed by atoms with Gasteiger partial charge in [-0.1, -0.05) is 65.3 Å². The van der Waals surface area contributed by atoms with E-state index in [-0.39, 0.29) is 24.8 Å². The Kier molecular flexibility index (Phi) is 8.81. The van der Waals surface area contributed by atoms with E-state index in [1.807, 2.05) is 0 Å². The molecule has 0 aliphatic heterocycles. The van der Waals surface area contributed by atoms with Crippen LogP contribution in [0.2, 0.25) is 0 Å². The molecule has 0 aromatic heterocycles. The molecule has 1 aliphatic carbocycles. The summed E-state index contributed by atoms with van der Waals surface area (Å²) in [5.74, 6) is 0.427. The number of benzene rings is 2. The van der Waals surface area contributed by atoms with Gasteiger partial charge in [-0.25, -0.2) is 0 Å². The summed E-state index contributed by atoms with van der Waals surface area (Å²) in [5, 5.41) is 5.52. The van der Waals surface area contributed by atoms with Crippen molar-refractivity contribution in [2.24, 2.45) is 0 Å². The molecular weight excluding hydrogens is 438 g/mol. The minimum Gasteiger partial charge on any atom is -1.00 e. The number of hydrogen-bond acceptors (Lipinski definition) is 0. The smallest absolute Gasteiger partial charge is 0.00600 e. The van der Waals surface area contributed by atoms with Crippen molar-refractivity contribution in [3.05, 3.63) is 77.4 Å². The van der Waals surface area contributed by atoms with Crippen molar-refractivity contribution in [1.82, 2.24) is 0 Å². The first-order valence-corrected chi connectivity index (χ1v) is 9.66. The number of fused-ring (bicyclic) bond motifs is 3. The van der Waals surface area contributed by atoms with Crippen molar-refractivity contribution < 1.29 is 49.0 Å². The molecule has 0 nitrogen and oxygen atoms in total. The summed E-state index contributed by atoms with van der Waals surface area (Å²) < 4.78 is 1.51. The molecule has 0 fully saturated rings. The SMILES string of the molecule is C[C](C)=[Zr+2].Cc1ccc2c(c1)[cH-]c1c(C3C=CC=C3)c(C)ccc12.[Cl-].[Cl-]. The van der Waals surface area contributed by atoms with Crippen LogP contribution >= 0.6 is 0 Å². The minimum atomic E-state index is 0. The van der Waals surface area contributed by atoms with Crippen LogP contribution in [0.5, 0.6) is 0 Å². The summed E-state index contributed by atoms with van der Waals surface area (Å²) in [7, 11) is 0. The maximum Gasteiger partial charge on any atom is -0.00600 e. The minimum absolute atomic E-state index is 0. The maximum atomic E-state index is 2.36. The monoisotopic (exact) mass is 459 g/mol. The van der Waals surface area contributed by atoms with Crippen molar-refractivity contribution in [1.29, 1.82) is 0 Å². The third kappa shape index (κ3) is 4.89. The summed E-state index contributed by atoms with van der Waals surface area (Å²) >= 11 is 1.55. The maximum absolute atomic E-state index is 2.36. The van der Waals surface area contributed by atoms with E-state index in [0.717, 1.165) is 0 Å². The van der Waals surface area contributed by atoms with Gasteiger partial charge in [0.05, 0.1) is 0 Å². The Bertz CT molecular complexity index is 961. The van der Waals surface area contributed by atoms with Crippen LogP contribution < -0.4 is 24.8 Å². The molecule has 0 saturated carbocycles. The Morgan fingerprint density at radius 2 is 1.50 bits per heavy atom. The van der Waals surface area contributed by atoms with Crippen molar-refractivity contribution in [3.63, 3.8) is 0 Å². The molecular formula is C23H23Cl2Zr-. The van der Waals surface area contributed by atoms with Gasteiger partial charge in [0.2, 0.25) is 0 Å². The predicted molar refractivity (Wildman–Crippen MR) is 104 cm³/mol. The molecule has 1 aliphatic rings. The summed E-state index contributed by atoms with van der Waals surface area (Å²) in [6.07, 6.45) is 8.86. The quantitative estimate of drug-likeness (QED) is 0.457. The molecule has 3 aromatic rings. The van der Waals surface area contributed by atoms with E-state index in [0.29, 0.717) is 5.92 Å². The molecule has 4 rings (SSSR count). The Balaban J connectivity index is 0.000000516. The Hall–Kier alpha value is -0.877. The molecule has 0 saturated heterocycles. The Morgan fingerprint density at radius 3 is 2.12 bits per heavy atom. The van der Waals surface area contributed by atoms with E-state index >= 15 is 0 Å². The van der Waals surface area contributed by atoms with E-state index in [9.17, 15) is 0 Å². The molecule has 0 radical (unpaired) electrons. The van der Waals surface area contributed by atoms with Crippen molar-refractivity contribution >= 4 is 24.8 Å². The van der Waals surface area contributed by atoms with Crippen LogP contribution in [-0.2, 0) is 24.2 Å². The van der Waals surface area contributed by atoms with Gasteiger partial charge >= 0.3 is 41.3 Å². The van der Waals surface area contributed by atoms with Crippen LogP contribution in [0.25, 0.3) is 21.5 Å². The zero-order valence-corrected chi connectivity index (χ0v) is 19.6. The van der Waals surface area contributed by atoms with Crippen LogP contribution in [0.1, 0.15) is 36.5 Å². The first-order chi connectivity index (χ1) is 11.5. The molecule has 0 heterocycles. The van der Waals surface area contributed by atoms with Gasteiger partial charge in [0.25, 0.3) is 0 Å². The standard InChI is InChI=1S/C20H17.C3H6.2ClH.Zr/c1-13-7-9-17-16(11-13)12-19-18(17)10-8-14(2)20(19)15-5-3-4-6-15;1-3-2;;;/h3-12,15H,1-2H3;1-2H3;2*1H;/q-1;;;;+2/p-2. The third-order valence-corrected chi connectivity index (χ3v) is 4.38. The van der Waals surface area contributed by atoms with Crippen LogP contribution in [0.15, 0.2) is 60.7 Å². The third-order valence-electron chi connectivity index (χ3n) is 4.38. The van der Waals surface area contributed by atoms with Gasteiger partial charge in [0, 0.05) is 0 Å². The average molecular weight is 462 g/mol. The molecule has 3 aromatic carbocycles. The number of allylic oxidation sites excluding steroid dienone is 4. The fourth-order valence-electron chi connectivity index (χ4n) is 3.40. The van der Waals surface area contributed by atoms with Crippen LogP contribution in [0, 0.1) is 13.8 Å². The van der Waals surface area contributed by atoms with Gasteiger partial charge < -0.3 is 24.8 Å². The predicted octanol–water partition coefficient (Wildman–Crippen LogP) is 0.292. The topological polar surface area (TPSA) is 0 Å². The van der Waals surface area contributed by atoms with Crippen LogP contribution in [0.3, 0.4) is 0 Å². The number of rotatable bonds is 1. The summed E-state index contributed by atoms with van der Waals surface area (Å²) in [5.41, 5.74) is 4.17. The fourth-order valence-corrected chi connectivity index (χ4v) is 3.40. The number of hydrogen-bond donors (Lipinski definition) is 0. The van der Waals surface area contributed by atoms with Crippen molar-refractivity contribution in [2.75, 3.05) is 0 Å². The first-order valence-electron chi connectivity index (χ1n) is 8.43. The van der Waals surface area contributed by atoms with E-state index in [1.165, 1.54) is 41.4 Å². The summed E-state index contributed by atoms with van der Waals surface area (Å²) in [6, 6.07) is 13.6. The largest absolute Gasteiger partial charge is 1.00 e. The Labute approximate surface area is 183 Å². The van der Waals surface area contributed by atoms with E-state index < -0.39 is 0 Å². The zero-order chi connectivity index (χ0) is 17.3. The van der Waals surface area contributed by atoms with Gasteiger partial charge in [-0.2, -0.15) is 0 Å².